The van der Waals surface area contributed by atoms with Gasteiger partial charge in [0.2, 0.25) is 0 Å². The van der Waals surface area contributed by atoms with E-state index < -0.39 is 0 Å². The van der Waals surface area contributed by atoms with Crippen LogP contribution in [0, 0.1) is 17.8 Å². The van der Waals surface area contributed by atoms with Gasteiger partial charge in [0.1, 0.15) is 0 Å². The lowest BCUT2D eigenvalue weighted by molar-refractivity contribution is 0.217. The van der Waals surface area contributed by atoms with Gasteiger partial charge < -0.3 is 5.32 Å². The van der Waals surface area contributed by atoms with Crippen LogP contribution >= 0.6 is 11.8 Å². The highest BCUT2D eigenvalue weighted by atomic mass is 32.2. The summed E-state index contributed by atoms with van der Waals surface area (Å²) in [6.07, 6.45) is 4.03. The van der Waals surface area contributed by atoms with Gasteiger partial charge in [-0.15, -0.1) is 0 Å². The summed E-state index contributed by atoms with van der Waals surface area (Å²) in [5, 5.41) is 4.47. The molecule has 1 aliphatic heterocycles. The average molecular weight is 243 g/mol. The Morgan fingerprint density at radius 2 is 2.06 bits per heavy atom. The molecule has 0 aliphatic carbocycles. The molecule has 0 aromatic carbocycles. The van der Waals surface area contributed by atoms with Crippen LogP contribution in [0.2, 0.25) is 0 Å². The first-order valence-corrected chi connectivity index (χ1v) is 7.99. The third-order valence-corrected chi connectivity index (χ3v) is 6.07. The Labute approximate surface area is 106 Å². The minimum absolute atomic E-state index is 0.729. The standard InChI is InChI=1S/C14H29NS/c1-6-8-13-11(4)14(15-5)12(9-16-13)10(3)7-2/h10-15H,6-9H2,1-5H3. The second-order valence-electron chi connectivity index (χ2n) is 5.38. The third-order valence-electron chi connectivity index (χ3n) is 4.40. The van der Waals surface area contributed by atoms with Gasteiger partial charge in [0.25, 0.3) is 0 Å². The zero-order valence-electron chi connectivity index (χ0n) is 11.6. The van der Waals surface area contributed by atoms with E-state index >= 15 is 0 Å². The molecular formula is C14H29NS. The van der Waals surface area contributed by atoms with Gasteiger partial charge >= 0.3 is 0 Å². The van der Waals surface area contributed by atoms with E-state index in [-0.39, 0.29) is 0 Å². The molecule has 1 fully saturated rings. The Kier molecular flexibility index (Phi) is 6.20. The first-order chi connectivity index (χ1) is 7.65. The molecule has 1 nitrogen and oxygen atoms in total. The van der Waals surface area contributed by atoms with Crippen LogP contribution in [0.4, 0.5) is 0 Å². The Morgan fingerprint density at radius 3 is 2.56 bits per heavy atom. The molecule has 5 atom stereocenters. The molecule has 5 unspecified atom stereocenters. The Bertz CT molecular complexity index is 195. The number of hydrogen-bond donors (Lipinski definition) is 1. The Balaban J connectivity index is 2.65. The summed E-state index contributed by atoms with van der Waals surface area (Å²) in [4.78, 5) is 0. The summed E-state index contributed by atoms with van der Waals surface area (Å²) in [6, 6.07) is 0.729. The number of nitrogens with one attached hydrogen (secondary N) is 1. The molecule has 0 bridgehead atoms. The maximum atomic E-state index is 3.59. The Hall–Kier alpha value is 0.310. The lowest BCUT2D eigenvalue weighted by Gasteiger charge is -2.43. The zero-order chi connectivity index (χ0) is 12.1. The number of thioether (sulfide) groups is 1. The van der Waals surface area contributed by atoms with Gasteiger partial charge in [0.15, 0.2) is 0 Å². The van der Waals surface area contributed by atoms with Crippen molar-refractivity contribution in [1.29, 1.82) is 0 Å². The maximum Gasteiger partial charge on any atom is 0.0139 e. The van der Waals surface area contributed by atoms with Gasteiger partial charge in [-0.05, 0) is 37.0 Å². The van der Waals surface area contributed by atoms with Crippen molar-refractivity contribution in [2.45, 2.75) is 58.2 Å². The van der Waals surface area contributed by atoms with Crippen LogP contribution in [-0.2, 0) is 0 Å². The predicted octanol–water partition coefficient (Wildman–Crippen LogP) is 3.79. The molecule has 0 amide bonds. The highest BCUT2D eigenvalue weighted by Crippen LogP contribution is 2.40. The fraction of sp³-hybridized carbons (Fsp3) is 1.00. The molecule has 1 rings (SSSR count). The highest BCUT2D eigenvalue weighted by Gasteiger charge is 2.37. The van der Waals surface area contributed by atoms with E-state index in [2.05, 4.69) is 51.8 Å². The SMILES string of the molecule is CCCC1SCC(C(C)CC)C(NC)C1C. The van der Waals surface area contributed by atoms with Crippen molar-refractivity contribution >= 4 is 11.8 Å². The fourth-order valence-corrected chi connectivity index (χ4v) is 4.92. The molecule has 1 heterocycles. The van der Waals surface area contributed by atoms with E-state index in [0.29, 0.717) is 0 Å². The van der Waals surface area contributed by atoms with Crippen LogP contribution < -0.4 is 5.32 Å². The molecule has 0 radical (unpaired) electrons. The smallest absolute Gasteiger partial charge is 0.0139 e. The van der Waals surface area contributed by atoms with Gasteiger partial charge in [0.05, 0.1) is 0 Å². The van der Waals surface area contributed by atoms with E-state index in [4.69, 9.17) is 0 Å². The highest BCUT2D eigenvalue weighted by molar-refractivity contribution is 8.00. The van der Waals surface area contributed by atoms with E-state index in [9.17, 15) is 0 Å². The van der Waals surface area contributed by atoms with E-state index in [1.54, 1.807) is 0 Å². The molecule has 0 aromatic heterocycles. The molecule has 1 aliphatic rings. The summed E-state index contributed by atoms with van der Waals surface area (Å²) >= 11 is 2.23. The van der Waals surface area contributed by atoms with Crippen molar-refractivity contribution in [2.24, 2.45) is 17.8 Å². The van der Waals surface area contributed by atoms with Crippen LogP contribution in [0.15, 0.2) is 0 Å². The van der Waals surface area contributed by atoms with E-state index in [1.807, 2.05) is 0 Å². The largest absolute Gasteiger partial charge is 0.316 e. The third kappa shape index (κ3) is 3.16. The van der Waals surface area contributed by atoms with Crippen molar-refractivity contribution in [2.75, 3.05) is 12.8 Å². The molecule has 0 saturated carbocycles. The molecule has 96 valence electrons. The summed E-state index contributed by atoms with van der Waals surface area (Å²) < 4.78 is 0. The molecular weight excluding hydrogens is 214 g/mol. The van der Waals surface area contributed by atoms with Gasteiger partial charge in [-0.1, -0.05) is 40.5 Å². The van der Waals surface area contributed by atoms with Gasteiger partial charge in [-0.25, -0.2) is 0 Å². The second kappa shape index (κ2) is 6.90. The summed E-state index contributed by atoms with van der Waals surface area (Å²) in [6.45, 7) is 9.50. The average Bonchev–Trinajstić information content (AvgIpc) is 2.30. The van der Waals surface area contributed by atoms with Crippen LogP contribution in [0.25, 0.3) is 0 Å². The van der Waals surface area contributed by atoms with Gasteiger partial charge in [-0.2, -0.15) is 11.8 Å². The maximum absolute atomic E-state index is 3.59. The lowest BCUT2D eigenvalue weighted by atomic mass is 9.79. The van der Waals surface area contributed by atoms with Crippen molar-refractivity contribution in [1.82, 2.24) is 5.32 Å². The summed E-state index contributed by atoms with van der Waals surface area (Å²) in [7, 11) is 2.15. The predicted molar refractivity (Wildman–Crippen MR) is 76.1 cm³/mol. The van der Waals surface area contributed by atoms with E-state index in [1.165, 1.54) is 25.0 Å². The number of rotatable bonds is 5. The van der Waals surface area contributed by atoms with Crippen molar-refractivity contribution in [3.8, 4) is 0 Å². The van der Waals surface area contributed by atoms with Crippen LogP contribution in [0.3, 0.4) is 0 Å². The number of hydrogen-bond acceptors (Lipinski definition) is 2. The van der Waals surface area contributed by atoms with Gasteiger partial charge in [-0.3, -0.25) is 0 Å². The monoisotopic (exact) mass is 243 g/mol. The second-order valence-corrected chi connectivity index (χ2v) is 6.66. The van der Waals surface area contributed by atoms with Crippen molar-refractivity contribution in [3.63, 3.8) is 0 Å². The minimum Gasteiger partial charge on any atom is -0.316 e. The molecule has 0 spiro atoms. The molecule has 0 aromatic rings. The molecule has 1 N–H and O–H groups in total. The van der Waals surface area contributed by atoms with Crippen LogP contribution in [0.5, 0.6) is 0 Å². The summed E-state index contributed by atoms with van der Waals surface area (Å²) in [5.74, 6) is 3.90. The van der Waals surface area contributed by atoms with Crippen molar-refractivity contribution < 1.29 is 0 Å². The fourth-order valence-electron chi connectivity index (χ4n) is 3.04. The first-order valence-electron chi connectivity index (χ1n) is 6.94. The molecule has 1 saturated heterocycles. The Morgan fingerprint density at radius 1 is 1.38 bits per heavy atom. The normalized spacial score (nSPS) is 37.3. The minimum atomic E-state index is 0.729. The molecule has 16 heavy (non-hydrogen) atoms. The van der Waals surface area contributed by atoms with Crippen LogP contribution in [0.1, 0.15) is 47.0 Å². The zero-order valence-corrected chi connectivity index (χ0v) is 12.4. The quantitative estimate of drug-likeness (QED) is 0.788. The summed E-state index contributed by atoms with van der Waals surface area (Å²) in [5.41, 5.74) is 0. The van der Waals surface area contributed by atoms with E-state index in [0.717, 1.165) is 29.0 Å². The van der Waals surface area contributed by atoms with Gasteiger partial charge in [0, 0.05) is 11.3 Å². The molecule has 2 heteroatoms. The lowest BCUT2D eigenvalue weighted by Crippen LogP contribution is -2.49. The van der Waals surface area contributed by atoms with Crippen LogP contribution in [-0.4, -0.2) is 24.1 Å². The first kappa shape index (κ1) is 14.4. The topological polar surface area (TPSA) is 12.0 Å². The van der Waals surface area contributed by atoms with Crippen molar-refractivity contribution in [3.05, 3.63) is 0 Å².